The van der Waals surface area contributed by atoms with Crippen molar-refractivity contribution in [3.05, 3.63) is 42.2 Å². The summed E-state index contributed by atoms with van der Waals surface area (Å²) in [5.74, 6) is 3.53. The minimum Gasteiger partial charge on any atom is -0.494 e. The van der Waals surface area contributed by atoms with Gasteiger partial charge < -0.3 is 4.74 Å². The van der Waals surface area contributed by atoms with Gasteiger partial charge in [0, 0.05) is 50.5 Å². The van der Waals surface area contributed by atoms with E-state index >= 15 is 0 Å². The summed E-state index contributed by atoms with van der Waals surface area (Å²) in [6.07, 6.45) is 6.85. The highest BCUT2D eigenvalue weighted by Gasteiger charge is 2.25. The number of ether oxygens (including phenoxy) is 1. The molecule has 4 rings (SSSR count). The lowest BCUT2D eigenvalue weighted by Crippen LogP contribution is -2.50. The molecule has 0 unspecified atom stereocenters. The van der Waals surface area contributed by atoms with Crippen molar-refractivity contribution < 1.29 is 4.74 Å². The zero-order valence-electron chi connectivity index (χ0n) is 15.5. The second kappa shape index (κ2) is 8.46. The summed E-state index contributed by atoms with van der Waals surface area (Å²) < 4.78 is 7.37. The van der Waals surface area contributed by atoms with Crippen LogP contribution in [0.15, 0.2) is 36.7 Å². The van der Waals surface area contributed by atoms with Crippen molar-refractivity contribution in [3.8, 4) is 11.4 Å². The van der Waals surface area contributed by atoms with Gasteiger partial charge in [-0.1, -0.05) is 12.1 Å². The lowest BCUT2D eigenvalue weighted by atomic mass is 10.1. The van der Waals surface area contributed by atoms with E-state index in [9.17, 15) is 0 Å². The Bertz CT molecular complexity index is 705. The molecule has 0 atom stereocenters. The summed E-state index contributed by atoms with van der Waals surface area (Å²) in [7, 11) is 1.70. The lowest BCUT2D eigenvalue weighted by Gasteiger charge is -2.40. The number of para-hydroxylation sites is 2. The summed E-state index contributed by atoms with van der Waals surface area (Å²) in [5.41, 5.74) is 2.25. The number of hydrogen-bond donors (Lipinski definition) is 0. The Balaban J connectivity index is 1.34. The topological polar surface area (TPSA) is 33.5 Å². The Morgan fingerprint density at radius 2 is 1.88 bits per heavy atom. The Hall–Kier alpha value is -1.50. The third kappa shape index (κ3) is 4.08. The molecule has 1 aromatic heterocycles. The van der Waals surface area contributed by atoms with Gasteiger partial charge in [0.15, 0.2) is 0 Å². The molecule has 6 heteroatoms. The molecule has 0 saturated carbocycles. The van der Waals surface area contributed by atoms with E-state index in [1.54, 1.807) is 7.11 Å². The van der Waals surface area contributed by atoms with Gasteiger partial charge in [-0.2, -0.15) is 16.9 Å². The van der Waals surface area contributed by atoms with Crippen LogP contribution in [0.3, 0.4) is 0 Å². The number of aromatic nitrogens is 2. The highest BCUT2D eigenvalue weighted by molar-refractivity contribution is 7.99. The van der Waals surface area contributed by atoms with Crippen LogP contribution in [0.25, 0.3) is 5.69 Å². The van der Waals surface area contributed by atoms with E-state index in [1.165, 1.54) is 43.0 Å². The van der Waals surface area contributed by atoms with Crippen LogP contribution in [0, 0.1) is 0 Å². The largest absolute Gasteiger partial charge is 0.494 e. The maximum Gasteiger partial charge on any atom is 0.144 e. The molecule has 2 aliphatic heterocycles. The maximum atomic E-state index is 5.45. The maximum absolute atomic E-state index is 5.45. The average molecular weight is 373 g/mol. The number of piperazine rings is 1. The van der Waals surface area contributed by atoms with Gasteiger partial charge in [0.1, 0.15) is 11.4 Å². The van der Waals surface area contributed by atoms with E-state index in [-0.39, 0.29) is 0 Å². The number of benzene rings is 1. The fraction of sp³-hybridized carbons (Fsp3) is 0.550. The van der Waals surface area contributed by atoms with Gasteiger partial charge >= 0.3 is 0 Å². The number of hydrogen-bond acceptors (Lipinski definition) is 5. The second-order valence-electron chi connectivity index (χ2n) is 7.12. The number of methoxy groups -OCH3 is 1. The molecular formula is C20H28N4OS. The van der Waals surface area contributed by atoms with E-state index in [0.717, 1.165) is 37.1 Å². The van der Waals surface area contributed by atoms with Crippen LogP contribution in [-0.4, -0.2) is 70.4 Å². The molecule has 0 radical (unpaired) electrons. The highest BCUT2D eigenvalue weighted by atomic mass is 32.2. The standard InChI is InChI=1S/C20H28N4OS/c1-25-20-5-3-2-4-19(20)24-16-17(14-21-24)15-22-8-10-23(11-9-22)18-6-12-26-13-7-18/h2-5,14,16,18H,6-13,15H2,1H3. The summed E-state index contributed by atoms with van der Waals surface area (Å²) >= 11 is 2.11. The fourth-order valence-electron chi connectivity index (χ4n) is 3.99. The van der Waals surface area contributed by atoms with Crippen LogP contribution in [0.1, 0.15) is 18.4 Å². The molecule has 2 aromatic rings. The molecule has 2 fully saturated rings. The smallest absolute Gasteiger partial charge is 0.144 e. The van der Waals surface area contributed by atoms with Crippen molar-refractivity contribution in [2.24, 2.45) is 0 Å². The first-order valence-electron chi connectivity index (χ1n) is 9.54. The molecule has 0 spiro atoms. The molecule has 2 aliphatic rings. The van der Waals surface area contributed by atoms with Crippen molar-refractivity contribution in [2.75, 3.05) is 44.8 Å². The molecule has 1 aromatic carbocycles. The van der Waals surface area contributed by atoms with Crippen molar-refractivity contribution in [1.29, 1.82) is 0 Å². The van der Waals surface area contributed by atoms with Crippen molar-refractivity contribution >= 4 is 11.8 Å². The first-order valence-corrected chi connectivity index (χ1v) is 10.7. The zero-order valence-corrected chi connectivity index (χ0v) is 16.3. The van der Waals surface area contributed by atoms with Gasteiger partial charge in [-0.25, -0.2) is 4.68 Å². The summed E-state index contributed by atoms with van der Waals surface area (Å²) in [6, 6.07) is 8.84. The van der Waals surface area contributed by atoms with Gasteiger partial charge in [-0.05, 0) is 36.5 Å². The number of thioether (sulfide) groups is 1. The Kier molecular flexibility index (Phi) is 5.82. The van der Waals surface area contributed by atoms with Crippen LogP contribution < -0.4 is 4.74 Å². The third-order valence-corrected chi connectivity index (χ3v) is 6.54. The molecule has 2 saturated heterocycles. The minimum absolute atomic E-state index is 0.826. The molecule has 140 valence electrons. The first-order chi connectivity index (χ1) is 12.8. The number of rotatable bonds is 5. The van der Waals surface area contributed by atoms with Crippen LogP contribution in [0.5, 0.6) is 5.75 Å². The van der Waals surface area contributed by atoms with E-state index in [1.807, 2.05) is 35.1 Å². The van der Waals surface area contributed by atoms with Gasteiger partial charge in [-0.3, -0.25) is 9.80 Å². The Labute approximate surface area is 160 Å². The van der Waals surface area contributed by atoms with Crippen molar-refractivity contribution in [2.45, 2.75) is 25.4 Å². The van der Waals surface area contributed by atoms with Gasteiger partial charge in [-0.15, -0.1) is 0 Å². The third-order valence-electron chi connectivity index (χ3n) is 5.49. The van der Waals surface area contributed by atoms with E-state index in [0.29, 0.717) is 0 Å². The SMILES string of the molecule is COc1ccccc1-n1cc(CN2CCN(C3CCSCC3)CC2)cn1. The van der Waals surface area contributed by atoms with Crippen molar-refractivity contribution in [1.82, 2.24) is 19.6 Å². The average Bonchev–Trinajstić information content (AvgIpc) is 3.17. The van der Waals surface area contributed by atoms with E-state index in [2.05, 4.69) is 32.9 Å². The van der Waals surface area contributed by atoms with Crippen LogP contribution in [-0.2, 0) is 6.54 Å². The van der Waals surface area contributed by atoms with Crippen molar-refractivity contribution in [3.63, 3.8) is 0 Å². The Morgan fingerprint density at radius 1 is 1.12 bits per heavy atom. The number of nitrogens with zero attached hydrogens (tertiary/aromatic N) is 4. The van der Waals surface area contributed by atoms with Gasteiger partial charge in [0.2, 0.25) is 0 Å². The predicted molar refractivity (Wildman–Crippen MR) is 107 cm³/mol. The van der Waals surface area contributed by atoms with Gasteiger partial charge in [0.05, 0.1) is 13.3 Å². The molecule has 0 amide bonds. The molecule has 0 bridgehead atoms. The normalized spacial score (nSPS) is 20.3. The second-order valence-corrected chi connectivity index (χ2v) is 8.35. The van der Waals surface area contributed by atoms with Crippen LogP contribution in [0.2, 0.25) is 0 Å². The molecule has 3 heterocycles. The summed E-state index contributed by atoms with van der Waals surface area (Å²) in [4.78, 5) is 5.27. The van der Waals surface area contributed by atoms with Crippen LogP contribution in [0.4, 0.5) is 0 Å². The molecule has 5 nitrogen and oxygen atoms in total. The van der Waals surface area contributed by atoms with Crippen LogP contribution >= 0.6 is 11.8 Å². The minimum atomic E-state index is 0.826. The van der Waals surface area contributed by atoms with Gasteiger partial charge in [0.25, 0.3) is 0 Å². The Morgan fingerprint density at radius 3 is 2.65 bits per heavy atom. The first kappa shape index (κ1) is 17.9. The highest BCUT2D eigenvalue weighted by Crippen LogP contribution is 2.24. The molecule has 26 heavy (non-hydrogen) atoms. The quantitative estimate of drug-likeness (QED) is 0.806. The molecule has 0 aliphatic carbocycles. The lowest BCUT2D eigenvalue weighted by molar-refractivity contribution is 0.0880. The monoisotopic (exact) mass is 372 g/mol. The summed E-state index contributed by atoms with van der Waals surface area (Å²) in [5, 5.41) is 4.55. The molecule has 0 N–H and O–H groups in total. The summed E-state index contributed by atoms with van der Waals surface area (Å²) in [6.45, 7) is 5.70. The molecular weight excluding hydrogens is 344 g/mol. The fourth-order valence-corrected chi connectivity index (χ4v) is 5.07. The predicted octanol–water partition coefficient (Wildman–Crippen LogP) is 2.89. The van der Waals surface area contributed by atoms with E-state index in [4.69, 9.17) is 4.74 Å². The van der Waals surface area contributed by atoms with E-state index < -0.39 is 0 Å². The zero-order chi connectivity index (χ0) is 17.8.